The van der Waals surface area contributed by atoms with Gasteiger partial charge in [-0.3, -0.25) is 13.8 Å². The van der Waals surface area contributed by atoms with Gasteiger partial charge in [0.2, 0.25) is 0 Å². The highest BCUT2D eigenvalue weighted by Crippen LogP contribution is 2.31. The lowest BCUT2D eigenvalue weighted by Crippen LogP contribution is -2.34. The molecule has 0 saturated carbocycles. The summed E-state index contributed by atoms with van der Waals surface area (Å²) >= 11 is 0. The zero-order chi connectivity index (χ0) is 16.5. The molecule has 22 heavy (non-hydrogen) atoms. The fraction of sp³-hybridized carbons (Fsp3) is 0.500. The number of nitrogens with zero attached hydrogens (tertiary/aromatic N) is 1. The van der Waals surface area contributed by atoms with Gasteiger partial charge in [-0.2, -0.15) is 0 Å². The van der Waals surface area contributed by atoms with Gasteiger partial charge >= 0.3 is 5.97 Å². The maximum Gasteiger partial charge on any atom is 0.311 e. The summed E-state index contributed by atoms with van der Waals surface area (Å²) in [6.07, 6.45) is 0.462. The molecule has 1 heterocycles. The molecule has 1 aromatic rings. The molecule has 0 bridgehead atoms. The zero-order valence-electron chi connectivity index (χ0n) is 13.0. The highest BCUT2D eigenvalue weighted by molar-refractivity contribution is 7.85. The minimum atomic E-state index is -1.08. The molecule has 120 valence electrons. The zero-order valence-corrected chi connectivity index (χ0v) is 13.9. The number of aliphatic carboxylic acids is 1. The molecule has 0 aromatic heterocycles. The molecule has 2 rings (SSSR count). The molecule has 1 aromatic carbocycles. The van der Waals surface area contributed by atoms with Gasteiger partial charge in [0, 0.05) is 28.8 Å². The fourth-order valence-corrected chi connectivity index (χ4v) is 3.44. The van der Waals surface area contributed by atoms with Crippen LogP contribution in [-0.4, -0.2) is 44.4 Å². The average molecular weight is 323 g/mol. The molecular weight excluding hydrogens is 302 g/mol. The van der Waals surface area contributed by atoms with Crippen LogP contribution in [0.5, 0.6) is 0 Å². The van der Waals surface area contributed by atoms with E-state index in [-0.39, 0.29) is 17.7 Å². The SMILES string of the molecule is CC(C)S(=O)c1ccc(C(=O)N2CCC(C)(C(=O)O)C2)cc1. The Labute approximate surface area is 132 Å². The van der Waals surface area contributed by atoms with Crippen LogP contribution in [0.25, 0.3) is 0 Å². The highest BCUT2D eigenvalue weighted by atomic mass is 32.2. The van der Waals surface area contributed by atoms with Crippen molar-refractivity contribution in [2.45, 2.75) is 37.3 Å². The lowest BCUT2D eigenvalue weighted by molar-refractivity contribution is -0.147. The summed E-state index contributed by atoms with van der Waals surface area (Å²) in [4.78, 5) is 25.9. The van der Waals surface area contributed by atoms with Gasteiger partial charge in [0.1, 0.15) is 0 Å². The Hall–Kier alpha value is -1.69. The van der Waals surface area contributed by atoms with E-state index in [0.29, 0.717) is 23.4 Å². The van der Waals surface area contributed by atoms with E-state index in [0.717, 1.165) is 0 Å². The van der Waals surface area contributed by atoms with Crippen LogP contribution >= 0.6 is 0 Å². The summed E-state index contributed by atoms with van der Waals surface area (Å²) in [6.45, 7) is 6.10. The van der Waals surface area contributed by atoms with Crippen molar-refractivity contribution in [3.05, 3.63) is 29.8 Å². The first-order valence-electron chi connectivity index (χ1n) is 7.28. The van der Waals surface area contributed by atoms with Gasteiger partial charge < -0.3 is 10.0 Å². The third-order valence-corrected chi connectivity index (χ3v) is 5.63. The highest BCUT2D eigenvalue weighted by Gasteiger charge is 2.42. The Bertz CT molecular complexity index is 611. The van der Waals surface area contributed by atoms with E-state index in [1.165, 1.54) is 0 Å². The van der Waals surface area contributed by atoms with Gasteiger partial charge in [-0.05, 0) is 37.6 Å². The summed E-state index contributed by atoms with van der Waals surface area (Å²) in [6, 6.07) is 6.73. The normalized spacial score (nSPS) is 22.8. The molecule has 5 nitrogen and oxygen atoms in total. The van der Waals surface area contributed by atoms with Crippen LogP contribution in [0.2, 0.25) is 0 Å². The van der Waals surface area contributed by atoms with Crippen molar-refractivity contribution in [1.29, 1.82) is 0 Å². The van der Waals surface area contributed by atoms with Crippen molar-refractivity contribution in [3.63, 3.8) is 0 Å². The Kier molecular flexibility index (Phi) is 4.70. The molecule has 1 aliphatic rings. The van der Waals surface area contributed by atoms with Crippen LogP contribution in [0, 0.1) is 5.41 Å². The van der Waals surface area contributed by atoms with Crippen molar-refractivity contribution in [2.24, 2.45) is 5.41 Å². The van der Waals surface area contributed by atoms with Crippen LogP contribution in [-0.2, 0) is 15.6 Å². The van der Waals surface area contributed by atoms with E-state index in [1.54, 1.807) is 36.1 Å². The van der Waals surface area contributed by atoms with Crippen LogP contribution in [0.3, 0.4) is 0 Å². The number of carboxylic acid groups (broad SMARTS) is 1. The van der Waals surface area contributed by atoms with E-state index in [2.05, 4.69) is 0 Å². The second kappa shape index (κ2) is 6.20. The molecule has 1 aliphatic heterocycles. The van der Waals surface area contributed by atoms with E-state index in [1.807, 2.05) is 13.8 Å². The number of carboxylic acids is 1. The first kappa shape index (κ1) is 16.7. The van der Waals surface area contributed by atoms with Gasteiger partial charge in [0.05, 0.1) is 16.2 Å². The Morgan fingerprint density at radius 1 is 1.27 bits per heavy atom. The minimum Gasteiger partial charge on any atom is -0.481 e. The minimum absolute atomic E-state index is 0.0245. The van der Waals surface area contributed by atoms with Crippen molar-refractivity contribution >= 4 is 22.7 Å². The third kappa shape index (κ3) is 3.21. The maximum atomic E-state index is 12.4. The Balaban J connectivity index is 2.11. The second-order valence-corrected chi connectivity index (χ2v) is 8.22. The Morgan fingerprint density at radius 2 is 1.86 bits per heavy atom. The second-order valence-electron chi connectivity index (χ2n) is 6.21. The van der Waals surface area contributed by atoms with Crippen LogP contribution in [0.4, 0.5) is 0 Å². The van der Waals surface area contributed by atoms with Crippen LogP contribution in [0.1, 0.15) is 37.6 Å². The number of likely N-dealkylation sites (tertiary alicyclic amines) is 1. The van der Waals surface area contributed by atoms with Gasteiger partial charge in [-0.1, -0.05) is 13.8 Å². The summed E-state index contributed by atoms with van der Waals surface area (Å²) in [5.41, 5.74) is -0.367. The maximum absolute atomic E-state index is 12.4. The fourth-order valence-electron chi connectivity index (χ4n) is 2.50. The monoisotopic (exact) mass is 323 g/mol. The van der Waals surface area contributed by atoms with Crippen LogP contribution in [0.15, 0.2) is 29.2 Å². The molecule has 0 radical (unpaired) electrons. The summed E-state index contributed by atoms with van der Waals surface area (Å²) in [5.74, 6) is -1.04. The Morgan fingerprint density at radius 3 is 2.32 bits per heavy atom. The number of hydrogen-bond acceptors (Lipinski definition) is 3. The third-order valence-electron chi connectivity index (χ3n) is 4.04. The largest absolute Gasteiger partial charge is 0.481 e. The predicted octanol–water partition coefficient (Wildman–Crippen LogP) is 2.14. The van der Waals surface area contributed by atoms with Crippen molar-refractivity contribution < 1.29 is 18.9 Å². The predicted molar refractivity (Wildman–Crippen MR) is 84.2 cm³/mol. The number of amides is 1. The molecule has 1 saturated heterocycles. The van der Waals surface area contributed by atoms with Crippen molar-refractivity contribution in [2.75, 3.05) is 13.1 Å². The van der Waals surface area contributed by atoms with Gasteiger partial charge in [-0.25, -0.2) is 0 Å². The molecule has 1 amide bonds. The number of hydrogen-bond donors (Lipinski definition) is 1. The lowest BCUT2D eigenvalue weighted by atomic mass is 9.90. The van der Waals surface area contributed by atoms with Gasteiger partial charge in [-0.15, -0.1) is 0 Å². The van der Waals surface area contributed by atoms with Crippen molar-refractivity contribution in [1.82, 2.24) is 4.90 Å². The molecule has 6 heteroatoms. The molecule has 1 fully saturated rings. The van der Waals surface area contributed by atoms with Gasteiger partial charge in [0.15, 0.2) is 0 Å². The topological polar surface area (TPSA) is 74.7 Å². The van der Waals surface area contributed by atoms with Crippen LogP contribution < -0.4 is 0 Å². The standard InChI is InChI=1S/C16H21NO4S/c1-11(2)22(21)13-6-4-12(5-7-13)14(18)17-9-8-16(3,10-17)15(19)20/h4-7,11H,8-10H2,1-3H3,(H,19,20). The molecule has 2 atom stereocenters. The smallest absolute Gasteiger partial charge is 0.311 e. The molecule has 0 spiro atoms. The van der Waals surface area contributed by atoms with E-state index < -0.39 is 22.2 Å². The number of benzene rings is 1. The van der Waals surface area contributed by atoms with E-state index >= 15 is 0 Å². The first-order valence-corrected chi connectivity index (χ1v) is 8.49. The summed E-state index contributed by atoms with van der Waals surface area (Å²) < 4.78 is 12.0. The molecule has 0 aliphatic carbocycles. The summed E-state index contributed by atoms with van der Waals surface area (Å²) in [5, 5.41) is 9.24. The quantitative estimate of drug-likeness (QED) is 0.921. The average Bonchev–Trinajstić information content (AvgIpc) is 2.90. The summed E-state index contributed by atoms with van der Waals surface area (Å²) in [7, 11) is -1.08. The molecule has 2 unspecified atom stereocenters. The number of rotatable bonds is 4. The first-order chi connectivity index (χ1) is 10.2. The number of carbonyl (C=O) groups excluding carboxylic acids is 1. The lowest BCUT2D eigenvalue weighted by Gasteiger charge is -2.20. The molecule has 1 N–H and O–H groups in total. The van der Waals surface area contributed by atoms with E-state index in [9.17, 15) is 18.9 Å². The molecular formula is C16H21NO4S. The number of carbonyl (C=O) groups is 2. The van der Waals surface area contributed by atoms with Crippen molar-refractivity contribution in [3.8, 4) is 0 Å². The van der Waals surface area contributed by atoms with E-state index in [4.69, 9.17) is 0 Å². The van der Waals surface area contributed by atoms with Gasteiger partial charge in [0.25, 0.3) is 5.91 Å².